The first kappa shape index (κ1) is 30.3. The first-order valence-corrected chi connectivity index (χ1v) is 15.9. The summed E-state index contributed by atoms with van der Waals surface area (Å²) < 4.78 is 29.9. The van der Waals surface area contributed by atoms with E-state index in [1.807, 2.05) is 6.07 Å². The average molecular weight is 609 g/mol. The third-order valence-corrected chi connectivity index (χ3v) is 9.13. The SMILES string of the molecule is O=C1C=CC(=O)OC2(O1)c1ccc(OCCCN3CCCCC3)cc1CCN(CC1CCCCC1)C21OC(=O)C=CC(=O)O1. The number of carbonyl (C=O) groups is 4. The third-order valence-electron chi connectivity index (χ3n) is 9.13. The van der Waals surface area contributed by atoms with Gasteiger partial charge in [-0.1, -0.05) is 25.7 Å². The largest absolute Gasteiger partial charge is 0.494 e. The maximum atomic E-state index is 13.1. The number of benzene rings is 1. The quantitative estimate of drug-likeness (QED) is 0.334. The Morgan fingerprint density at radius 2 is 1.36 bits per heavy atom. The van der Waals surface area contributed by atoms with E-state index in [1.165, 1.54) is 19.3 Å². The van der Waals surface area contributed by atoms with Gasteiger partial charge in [0, 0.05) is 43.9 Å². The number of carbonyl (C=O) groups excluding carboxylic acids is 4. The molecule has 4 aliphatic heterocycles. The predicted molar refractivity (Wildman–Crippen MR) is 156 cm³/mol. The van der Waals surface area contributed by atoms with Crippen LogP contribution in [0.15, 0.2) is 42.5 Å². The topological polar surface area (TPSA) is 121 Å². The predicted octanol–water partition coefficient (Wildman–Crippen LogP) is 3.50. The summed E-state index contributed by atoms with van der Waals surface area (Å²) in [5.74, 6) is -7.69. The fourth-order valence-corrected chi connectivity index (χ4v) is 7.03. The molecule has 4 heterocycles. The Hall–Kier alpha value is -3.70. The van der Waals surface area contributed by atoms with Crippen molar-refractivity contribution in [2.45, 2.75) is 75.9 Å². The van der Waals surface area contributed by atoms with Crippen molar-refractivity contribution in [2.75, 3.05) is 39.3 Å². The van der Waals surface area contributed by atoms with Crippen LogP contribution in [0.1, 0.15) is 68.9 Å². The minimum atomic E-state index is -2.45. The summed E-state index contributed by atoms with van der Waals surface area (Å²) in [4.78, 5) is 56.4. The van der Waals surface area contributed by atoms with Gasteiger partial charge >= 0.3 is 35.6 Å². The zero-order chi connectivity index (χ0) is 30.6. The molecule has 1 saturated carbocycles. The Morgan fingerprint density at radius 3 is 2.02 bits per heavy atom. The van der Waals surface area contributed by atoms with Gasteiger partial charge in [-0.3, -0.25) is 0 Å². The summed E-state index contributed by atoms with van der Waals surface area (Å²) in [6, 6.07) is 5.16. The second kappa shape index (κ2) is 13.1. The van der Waals surface area contributed by atoms with Gasteiger partial charge in [0.25, 0.3) is 0 Å². The van der Waals surface area contributed by atoms with Crippen molar-refractivity contribution in [1.82, 2.24) is 9.80 Å². The van der Waals surface area contributed by atoms with Crippen molar-refractivity contribution in [3.05, 3.63) is 53.6 Å². The molecular weight excluding hydrogens is 568 g/mol. The average Bonchev–Trinajstić information content (AvgIpc) is 3.33. The van der Waals surface area contributed by atoms with Crippen LogP contribution < -0.4 is 4.74 Å². The summed E-state index contributed by atoms with van der Waals surface area (Å²) >= 11 is 0. The van der Waals surface area contributed by atoms with Gasteiger partial charge in [0.05, 0.1) is 12.2 Å². The molecule has 11 nitrogen and oxygen atoms in total. The van der Waals surface area contributed by atoms with Gasteiger partial charge in [-0.15, -0.1) is 0 Å². The highest BCUT2D eigenvalue weighted by Crippen LogP contribution is 2.50. The van der Waals surface area contributed by atoms with Gasteiger partial charge in [0.1, 0.15) is 5.75 Å². The molecule has 0 aromatic heterocycles. The lowest BCUT2D eigenvalue weighted by molar-refractivity contribution is -0.414. The highest BCUT2D eigenvalue weighted by Gasteiger charge is 2.71. The third kappa shape index (κ3) is 6.25. The molecule has 0 amide bonds. The van der Waals surface area contributed by atoms with Gasteiger partial charge in [-0.2, -0.15) is 0 Å². The number of hydrogen-bond acceptors (Lipinski definition) is 11. The fourth-order valence-electron chi connectivity index (χ4n) is 7.03. The van der Waals surface area contributed by atoms with Crippen LogP contribution in [-0.2, 0) is 50.3 Å². The van der Waals surface area contributed by atoms with E-state index < -0.39 is 35.6 Å². The number of nitrogens with zero attached hydrogens (tertiary/aromatic N) is 2. The van der Waals surface area contributed by atoms with E-state index in [0.717, 1.165) is 82.5 Å². The molecule has 1 aromatic carbocycles. The number of hydrogen-bond donors (Lipinski definition) is 0. The minimum absolute atomic E-state index is 0.196. The highest BCUT2D eigenvalue weighted by molar-refractivity contribution is 5.95. The summed E-state index contributed by atoms with van der Waals surface area (Å²) in [6.45, 7) is 4.35. The van der Waals surface area contributed by atoms with Crippen molar-refractivity contribution in [3.63, 3.8) is 0 Å². The summed E-state index contributed by atoms with van der Waals surface area (Å²) in [5.41, 5.74) is 0.882. The van der Waals surface area contributed by atoms with Crippen molar-refractivity contribution in [1.29, 1.82) is 0 Å². The lowest BCUT2D eigenvalue weighted by Gasteiger charge is -2.48. The molecule has 2 spiro atoms. The van der Waals surface area contributed by atoms with Crippen LogP contribution in [0.3, 0.4) is 0 Å². The molecule has 2 fully saturated rings. The molecule has 44 heavy (non-hydrogen) atoms. The molecule has 11 heteroatoms. The molecule has 0 unspecified atom stereocenters. The van der Waals surface area contributed by atoms with Crippen molar-refractivity contribution in [3.8, 4) is 5.75 Å². The molecule has 1 saturated heterocycles. The van der Waals surface area contributed by atoms with Crippen molar-refractivity contribution >= 4 is 23.9 Å². The smallest absolute Gasteiger partial charge is 0.407 e. The highest BCUT2D eigenvalue weighted by atomic mass is 16.8. The van der Waals surface area contributed by atoms with Crippen molar-refractivity contribution < 1.29 is 42.9 Å². The molecule has 0 atom stereocenters. The number of rotatable bonds is 7. The molecule has 1 aliphatic carbocycles. The Morgan fingerprint density at radius 1 is 0.750 bits per heavy atom. The minimum Gasteiger partial charge on any atom is -0.494 e. The van der Waals surface area contributed by atoms with Crippen LogP contribution in [0.5, 0.6) is 5.75 Å². The lowest BCUT2D eigenvalue weighted by Crippen LogP contribution is -2.69. The van der Waals surface area contributed by atoms with E-state index in [0.29, 0.717) is 30.9 Å². The summed E-state index contributed by atoms with van der Waals surface area (Å²) in [6.07, 6.45) is 13.9. The van der Waals surface area contributed by atoms with E-state index in [9.17, 15) is 19.2 Å². The van der Waals surface area contributed by atoms with Crippen LogP contribution in [0, 0.1) is 5.92 Å². The summed E-state index contributed by atoms with van der Waals surface area (Å²) in [5, 5.41) is 0. The van der Waals surface area contributed by atoms with Gasteiger partial charge in [0.2, 0.25) is 0 Å². The number of ether oxygens (including phenoxy) is 5. The number of likely N-dealkylation sites (tertiary alicyclic amines) is 1. The van der Waals surface area contributed by atoms with Gasteiger partial charge in [-0.25, -0.2) is 24.1 Å². The van der Waals surface area contributed by atoms with Crippen LogP contribution in [0.4, 0.5) is 0 Å². The van der Waals surface area contributed by atoms with E-state index >= 15 is 0 Å². The van der Waals surface area contributed by atoms with Gasteiger partial charge in [-0.05, 0) is 81.3 Å². The van der Waals surface area contributed by atoms with Crippen LogP contribution in [0.25, 0.3) is 0 Å². The fraction of sp³-hybridized carbons (Fsp3) is 0.576. The molecule has 0 bridgehead atoms. The Bertz CT molecular complexity index is 1290. The monoisotopic (exact) mass is 608 g/mol. The molecule has 1 aromatic rings. The van der Waals surface area contributed by atoms with Gasteiger partial charge in [0.15, 0.2) is 0 Å². The molecular formula is C33H40N2O9. The first-order valence-electron chi connectivity index (χ1n) is 15.9. The van der Waals surface area contributed by atoms with Gasteiger partial charge < -0.3 is 28.6 Å². The maximum Gasteiger partial charge on any atom is 0.407 e. The summed E-state index contributed by atoms with van der Waals surface area (Å²) in [7, 11) is 0. The molecule has 6 rings (SSSR count). The number of esters is 4. The maximum absolute atomic E-state index is 13.1. The Balaban J connectivity index is 1.38. The van der Waals surface area contributed by atoms with Crippen LogP contribution in [0.2, 0.25) is 0 Å². The number of piperidine rings is 1. The zero-order valence-corrected chi connectivity index (χ0v) is 25.0. The van der Waals surface area contributed by atoms with Crippen LogP contribution >= 0.6 is 0 Å². The van der Waals surface area contributed by atoms with Crippen molar-refractivity contribution in [2.24, 2.45) is 5.92 Å². The van der Waals surface area contributed by atoms with E-state index in [2.05, 4.69) is 4.90 Å². The second-order valence-corrected chi connectivity index (χ2v) is 12.2. The second-order valence-electron chi connectivity index (χ2n) is 12.2. The standard InChI is InChI=1S/C33H40N2O9/c36-28-12-13-29(37)42-32(41-28)27-11-10-26(40-21-7-19-34-17-5-2-6-18-34)22-25(27)16-20-35(23-24-8-3-1-4-9-24)33(32)43-30(38)14-15-31(39)44-33/h10-15,22,24H,1-9,16-21,23H2. The van der Waals surface area contributed by atoms with E-state index in [1.54, 1.807) is 17.0 Å². The Kier molecular flexibility index (Phi) is 9.04. The van der Waals surface area contributed by atoms with Crippen LogP contribution in [-0.4, -0.2) is 78.9 Å². The van der Waals surface area contributed by atoms with E-state index in [-0.39, 0.29) is 18.0 Å². The first-order chi connectivity index (χ1) is 21.4. The Labute approximate surface area is 257 Å². The molecule has 236 valence electrons. The molecule has 5 aliphatic rings. The molecule has 0 radical (unpaired) electrons. The lowest BCUT2D eigenvalue weighted by atomic mass is 9.88. The molecule has 0 N–H and O–H groups in total. The normalized spacial score (nSPS) is 24.0. The van der Waals surface area contributed by atoms with E-state index in [4.69, 9.17) is 23.7 Å². The zero-order valence-electron chi connectivity index (χ0n) is 25.0. The number of fused-ring (bicyclic) bond motifs is 3.